The van der Waals surface area contributed by atoms with Gasteiger partial charge < -0.3 is 19.0 Å². The molecule has 0 aliphatic heterocycles. The summed E-state index contributed by atoms with van der Waals surface area (Å²) in [6.45, 7) is 3.02. The number of fused-ring (bicyclic) bond motifs is 3. The molecular formula is C20H20N4O3. The number of methoxy groups -OCH3 is 1. The topological polar surface area (TPSA) is 82.0 Å². The number of esters is 1. The SMILES string of the molecule is CCOC(=O)c1ncc2[nH]c3cccc(Cn4ccnc4)c3c2c1COC. The number of nitrogens with one attached hydrogen (secondary N) is 1. The molecule has 0 atom stereocenters. The van der Waals surface area contributed by atoms with Crippen molar-refractivity contribution in [3.8, 4) is 0 Å². The van der Waals surface area contributed by atoms with Gasteiger partial charge in [0.15, 0.2) is 5.69 Å². The third kappa shape index (κ3) is 3.06. The summed E-state index contributed by atoms with van der Waals surface area (Å²) in [6, 6.07) is 6.11. The molecule has 7 nitrogen and oxygen atoms in total. The van der Waals surface area contributed by atoms with Gasteiger partial charge in [-0.15, -0.1) is 0 Å². The number of imidazole rings is 1. The van der Waals surface area contributed by atoms with Crippen LogP contribution in [0.5, 0.6) is 0 Å². The van der Waals surface area contributed by atoms with Crippen LogP contribution in [0.15, 0.2) is 43.1 Å². The van der Waals surface area contributed by atoms with Crippen LogP contribution < -0.4 is 0 Å². The highest BCUT2D eigenvalue weighted by atomic mass is 16.5. The number of nitrogens with zero attached hydrogens (tertiary/aromatic N) is 3. The van der Waals surface area contributed by atoms with Crippen LogP contribution in [0.1, 0.15) is 28.5 Å². The van der Waals surface area contributed by atoms with Crippen molar-refractivity contribution in [1.29, 1.82) is 0 Å². The summed E-state index contributed by atoms with van der Waals surface area (Å²) in [5.41, 5.74) is 4.00. The van der Waals surface area contributed by atoms with E-state index in [1.54, 1.807) is 32.8 Å². The average molecular weight is 364 g/mol. The minimum absolute atomic E-state index is 0.269. The number of hydrogen-bond donors (Lipinski definition) is 1. The van der Waals surface area contributed by atoms with E-state index >= 15 is 0 Å². The Morgan fingerprint density at radius 3 is 2.89 bits per heavy atom. The van der Waals surface area contributed by atoms with Crippen molar-refractivity contribution in [1.82, 2.24) is 19.5 Å². The van der Waals surface area contributed by atoms with E-state index in [0.717, 1.165) is 32.9 Å². The Bertz CT molecular complexity index is 1100. The van der Waals surface area contributed by atoms with Gasteiger partial charge in [0.05, 0.1) is 31.3 Å². The molecule has 4 aromatic rings. The van der Waals surface area contributed by atoms with Gasteiger partial charge in [0, 0.05) is 47.9 Å². The van der Waals surface area contributed by atoms with E-state index in [1.807, 2.05) is 22.9 Å². The lowest BCUT2D eigenvalue weighted by Gasteiger charge is -2.11. The summed E-state index contributed by atoms with van der Waals surface area (Å²) >= 11 is 0. The number of carbonyl (C=O) groups excluding carboxylic acids is 1. The number of hydrogen-bond acceptors (Lipinski definition) is 5. The van der Waals surface area contributed by atoms with Crippen molar-refractivity contribution in [2.75, 3.05) is 13.7 Å². The third-order valence-corrected chi connectivity index (χ3v) is 4.52. The molecule has 138 valence electrons. The molecule has 0 spiro atoms. The van der Waals surface area contributed by atoms with E-state index in [1.165, 1.54) is 0 Å². The first-order chi connectivity index (χ1) is 13.2. The van der Waals surface area contributed by atoms with E-state index in [4.69, 9.17) is 9.47 Å². The highest BCUT2D eigenvalue weighted by Crippen LogP contribution is 2.33. The second-order valence-corrected chi connectivity index (χ2v) is 6.23. The van der Waals surface area contributed by atoms with Gasteiger partial charge in [0.2, 0.25) is 0 Å². The molecule has 4 rings (SSSR count). The molecule has 0 bridgehead atoms. The summed E-state index contributed by atoms with van der Waals surface area (Å²) < 4.78 is 12.6. The molecule has 0 radical (unpaired) electrons. The van der Waals surface area contributed by atoms with Gasteiger partial charge >= 0.3 is 5.97 Å². The molecule has 0 saturated carbocycles. The third-order valence-electron chi connectivity index (χ3n) is 4.52. The largest absolute Gasteiger partial charge is 0.461 e. The Morgan fingerprint density at radius 1 is 1.26 bits per heavy atom. The molecule has 3 heterocycles. The van der Waals surface area contributed by atoms with Gasteiger partial charge in [-0.25, -0.2) is 14.8 Å². The van der Waals surface area contributed by atoms with Crippen LogP contribution in [-0.4, -0.2) is 39.2 Å². The molecule has 1 N–H and O–H groups in total. The van der Waals surface area contributed by atoms with Crippen LogP contribution in [0.3, 0.4) is 0 Å². The first kappa shape index (κ1) is 17.2. The molecule has 7 heteroatoms. The standard InChI is InChI=1S/C20H20N4O3/c1-3-27-20(25)19-14(11-26-2)18-16(9-22-19)23-15-6-4-5-13(17(15)18)10-24-8-7-21-12-24/h4-9,12,23H,3,10-11H2,1-2H3. The van der Waals surface area contributed by atoms with E-state index in [-0.39, 0.29) is 6.61 Å². The molecule has 0 saturated heterocycles. The van der Waals surface area contributed by atoms with E-state index < -0.39 is 5.97 Å². The normalized spacial score (nSPS) is 11.3. The average Bonchev–Trinajstić information content (AvgIpc) is 3.30. The van der Waals surface area contributed by atoms with Gasteiger partial charge in [-0.2, -0.15) is 0 Å². The summed E-state index contributed by atoms with van der Waals surface area (Å²) in [7, 11) is 1.61. The van der Waals surface area contributed by atoms with Crippen molar-refractivity contribution in [3.05, 3.63) is 59.9 Å². The fourth-order valence-electron chi connectivity index (χ4n) is 3.45. The number of aromatic nitrogens is 4. The molecule has 27 heavy (non-hydrogen) atoms. The molecule has 0 fully saturated rings. The number of aromatic amines is 1. The zero-order chi connectivity index (χ0) is 18.8. The second-order valence-electron chi connectivity index (χ2n) is 6.23. The number of carbonyl (C=O) groups is 1. The van der Waals surface area contributed by atoms with Crippen LogP contribution in [0, 0.1) is 0 Å². The Hall–Kier alpha value is -3.19. The fourth-order valence-corrected chi connectivity index (χ4v) is 3.45. The summed E-state index contributed by atoms with van der Waals surface area (Å²) in [5, 5.41) is 2.00. The minimum Gasteiger partial charge on any atom is -0.461 e. The van der Waals surface area contributed by atoms with Gasteiger partial charge in [-0.05, 0) is 18.6 Å². The van der Waals surface area contributed by atoms with Crippen molar-refractivity contribution < 1.29 is 14.3 Å². The summed E-state index contributed by atoms with van der Waals surface area (Å²) in [4.78, 5) is 24.3. The first-order valence-corrected chi connectivity index (χ1v) is 8.75. The first-order valence-electron chi connectivity index (χ1n) is 8.75. The number of pyridine rings is 1. The molecular weight excluding hydrogens is 344 g/mol. The van der Waals surface area contributed by atoms with Crippen LogP contribution in [-0.2, 0) is 22.6 Å². The molecule has 1 aromatic carbocycles. The predicted octanol–water partition coefficient (Wildman–Crippen LogP) is 3.28. The molecule has 3 aromatic heterocycles. The maximum absolute atomic E-state index is 12.4. The minimum atomic E-state index is -0.437. The Labute approximate surface area is 155 Å². The predicted molar refractivity (Wildman–Crippen MR) is 102 cm³/mol. The maximum atomic E-state index is 12.4. The van der Waals surface area contributed by atoms with Gasteiger partial charge in [0.1, 0.15) is 0 Å². The fraction of sp³-hybridized carbons (Fsp3) is 0.250. The van der Waals surface area contributed by atoms with Crippen LogP contribution in [0.25, 0.3) is 21.8 Å². The molecule has 0 amide bonds. The van der Waals surface area contributed by atoms with Gasteiger partial charge in [-0.1, -0.05) is 12.1 Å². The zero-order valence-corrected chi connectivity index (χ0v) is 15.2. The summed E-state index contributed by atoms with van der Waals surface area (Å²) in [6.07, 6.45) is 7.15. The zero-order valence-electron chi connectivity index (χ0n) is 15.2. The highest BCUT2D eigenvalue weighted by Gasteiger charge is 2.21. The van der Waals surface area contributed by atoms with E-state index in [2.05, 4.69) is 21.0 Å². The number of rotatable bonds is 6. The van der Waals surface area contributed by atoms with Gasteiger partial charge in [0.25, 0.3) is 0 Å². The van der Waals surface area contributed by atoms with Crippen molar-refractivity contribution >= 4 is 27.8 Å². The Morgan fingerprint density at radius 2 is 2.15 bits per heavy atom. The smallest absolute Gasteiger partial charge is 0.357 e. The quantitative estimate of drug-likeness (QED) is 0.531. The van der Waals surface area contributed by atoms with Crippen LogP contribution in [0.4, 0.5) is 0 Å². The van der Waals surface area contributed by atoms with E-state index in [0.29, 0.717) is 18.8 Å². The molecule has 0 aliphatic rings. The lowest BCUT2D eigenvalue weighted by Crippen LogP contribution is -2.11. The Balaban J connectivity index is 1.99. The second kappa shape index (κ2) is 7.20. The highest BCUT2D eigenvalue weighted by molar-refractivity contribution is 6.12. The van der Waals surface area contributed by atoms with Crippen molar-refractivity contribution in [2.24, 2.45) is 0 Å². The lowest BCUT2D eigenvalue weighted by atomic mass is 10.0. The summed E-state index contributed by atoms with van der Waals surface area (Å²) in [5.74, 6) is -0.437. The monoisotopic (exact) mass is 364 g/mol. The van der Waals surface area contributed by atoms with Crippen molar-refractivity contribution in [3.63, 3.8) is 0 Å². The molecule has 0 aliphatic carbocycles. The number of benzene rings is 1. The van der Waals surface area contributed by atoms with Crippen LogP contribution in [0.2, 0.25) is 0 Å². The maximum Gasteiger partial charge on any atom is 0.357 e. The van der Waals surface area contributed by atoms with E-state index in [9.17, 15) is 4.79 Å². The lowest BCUT2D eigenvalue weighted by molar-refractivity contribution is 0.0514. The van der Waals surface area contributed by atoms with Gasteiger partial charge in [-0.3, -0.25) is 0 Å². The molecule has 0 unspecified atom stereocenters. The number of ether oxygens (including phenoxy) is 2. The number of H-pyrrole nitrogens is 1. The van der Waals surface area contributed by atoms with Crippen molar-refractivity contribution in [2.45, 2.75) is 20.1 Å². The van der Waals surface area contributed by atoms with Crippen LogP contribution >= 0.6 is 0 Å². The Kier molecular flexibility index (Phi) is 4.60.